The average molecular weight is 220 g/mol. The van der Waals surface area contributed by atoms with Crippen LogP contribution in [0.3, 0.4) is 0 Å². The summed E-state index contributed by atoms with van der Waals surface area (Å²) in [4.78, 5) is 6.65. The highest BCUT2D eigenvalue weighted by Crippen LogP contribution is 2.45. The molecule has 3 aliphatic rings. The lowest BCUT2D eigenvalue weighted by Crippen LogP contribution is -2.31. The summed E-state index contributed by atoms with van der Waals surface area (Å²) in [5.74, 6) is 0. The number of hydrogen-bond donors (Lipinski definition) is 0. The van der Waals surface area contributed by atoms with Crippen LogP contribution in [0.25, 0.3) is 11.6 Å². The molecule has 2 nitrogen and oxygen atoms in total. The Morgan fingerprint density at radius 1 is 1.29 bits per heavy atom. The van der Waals surface area contributed by atoms with Gasteiger partial charge in [-0.05, 0) is 23.3 Å². The first-order chi connectivity index (χ1) is 8.45. The molecule has 0 bridgehead atoms. The van der Waals surface area contributed by atoms with Crippen LogP contribution in [0.4, 0.5) is 5.69 Å². The van der Waals surface area contributed by atoms with Gasteiger partial charge in [0.25, 0.3) is 0 Å². The third-order valence-electron chi connectivity index (χ3n) is 3.61. The lowest BCUT2D eigenvalue weighted by molar-refractivity contribution is 0.881. The Morgan fingerprint density at radius 2 is 2.29 bits per heavy atom. The zero-order chi connectivity index (χ0) is 11.2. The predicted molar refractivity (Wildman–Crippen MR) is 72.2 cm³/mol. The van der Waals surface area contributed by atoms with Crippen LogP contribution in [0.5, 0.6) is 0 Å². The van der Waals surface area contributed by atoms with Crippen LogP contribution in [0, 0.1) is 0 Å². The Bertz CT molecular complexity index is 605. The monoisotopic (exact) mass is 220 g/mol. The van der Waals surface area contributed by atoms with Gasteiger partial charge in [-0.2, -0.15) is 0 Å². The van der Waals surface area contributed by atoms with Crippen molar-refractivity contribution in [1.29, 1.82) is 0 Å². The molecule has 0 fully saturated rings. The molecule has 0 N–H and O–H groups in total. The molecule has 0 spiro atoms. The minimum absolute atomic E-state index is 0.346. The fourth-order valence-electron chi connectivity index (χ4n) is 2.91. The lowest BCUT2D eigenvalue weighted by atomic mass is 10.0. The number of hydrogen-bond acceptors (Lipinski definition) is 2. The molecular formula is C15H12N2. The second-order valence-electron chi connectivity index (χ2n) is 4.50. The minimum Gasteiger partial charge on any atom is -0.356 e. The fourth-order valence-corrected chi connectivity index (χ4v) is 2.91. The third-order valence-corrected chi connectivity index (χ3v) is 3.61. The number of fused-ring (bicyclic) bond motifs is 3. The van der Waals surface area contributed by atoms with Gasteiger partial charge >= 0.3 is 0 Å². The first kappa shape index (κ1) is 8.99. The highest BCUT2D eigenvalue weighted by atomic mass is 15.2. The second-order valence-corrected chi connectivity index (χ2v) is 4.50. The van der Waals surface area contributed by atoms with Crippen LogP contribution >= 0.6 is 0 Å². The molecule has 3 aliphatic heterocycles. The van der Waals surface area contributed by atoms with Gasteiger partial charge in [0.1, 0.15) is 0 Å². The Labute approximate surface area is 100 Å². The van der Waals surface area contributed by atoms with Gasteiger partial charge in [0, 0.05) is 24.5 Å². The molecule has 4 rings (SSSR count). The van der Waals surface area contributed by atoms with Gasteiger partial charge in [-0.3, -0.25) is 4.99 Å². The summed E-state index contributed by atoms with van der Waals surface area (Å²) in [5, 5.41) is 0. The van der Waals surface area contributed by atoms with E-state index in [1.807, 2.05) is 12.4 Å². The first-order valence-electron chi connectivity index (χ1n) is 5.92. The van der Waals surface area contributed by atoms with E-state index in [-0.39, 0.29) is 0 Å². The van der Waals surface area contributed by atoms with Crippen LogP contribution in [0.15, 0.2) is 47.6 Å². The van der Waals surface area contributed by atoms with E-state index < -0.39 is 0 Å². The maximum atomic E-state index is 4.21. The van der Waals surface area contributed by atoms with Crippen molar-refractivity contribution in [2.24, 2.45) is 4.99 Å². The van der Waals surface area contributed by atoms with Gasteiger partial charge < -0.3 is 4.90 Å². The van der Waals surface area contributed by atoms with Crippen molar-refractivity contribution in [3.63, 3.8) is 0 Å². The third kappa shape index (κ3) is 1.12. The molecule has 3 heterocycles. The van der Waals surface area contributed by atoms with Crippen LogP contribution in [0.1, 0.15) is 11.1 Å². The topological polar surface area (TPSA) is 15.6 Å². The van der Waals surface area contributed by atoms with E-state index in [1.54, 1.807) is 0 Å². The van der Waals surface area contributed by atoms with Crippen molar-refractivity contribution in [2.45, 2.75) is 6.04 Å². The van der Waals surface area contributed by atoms with E-state index in [4.69, 9.17) is 0 Å². The van der Waals surface area contributed by atoms with Crippen molar-refractivity contribution in [2.75, 3.05) is 11.4 Å². The zero-order valence-electron chi connectivity index (χ0n) is 9.38. The highest BCUT2D eigenvalue weighted by Gasteiger charge is 2.34. The van der Waals surface area contributed by atoms with E-state index in [2.05, 4.69) is 52.4 Å². The molecule has 1 atom stereocenters. The Kier molecular flexibility index (Phi) is 1.69. The summed E-state index contributed by atoms with van der Waals surface area (Å²) in [6.07, 6.45) is 12.6. The number of para-hydroxylation sites is 1. The highest BCUT2D eigenvalue weighted by molar-refractivity contribution is 5.99. The molecule has 0 saturated heterocycles. The Morgan fingerprint density at radius 3 is 3.29 bits per heavy atom. The van der Waals surface area contributed by atoms with Crippen LogP contribution in [-0.4, -0.2) is 18.8 Å². The second kappa shape index (κ2) is 3.20. The number of aliphatic imine (C=N–C) groups is 1. The number of allylic oxidation sites excluding steroid dienone is 1. The first-order valence-corrected chi connectivity index (χ1v) is 5.92. The van der Waals surface area contributed by atoms with E-state index in [1.165, 1.54) is 22.4 Å². The van der Waals surface area contributed by atoms with E-state index in [0.717, 1.165) is 6.54 Å². The zero-order valence-corrected chi connectivity index (χ0v) is 9.38. The quantitative estimate of drug-likeness (QED) is 0.656. The largest absolute Gasteiger partial charge is 0.356 e. The van der Waals surface area contributed by atoms with Gasteiger partial charge in [-0.1, -0.05) is 30.4 Å². The van der Waals surface area contributed by atoms with Gasteiger partial charge in [0.15, 0.2) is 0 Å². The molecule has 17 heavy (non-hydrogen) atoms. The number of benzene rings is 1. The van der Waals surface area contributed by atoms with Gasteiger partial charge in [0.2, 0.25) is 0 Å². The normalized spacial score (nSPS) is 23.2. The van der Waals surface area contributed by atoms with Crippen molar-refractivity contribution < 1.29 is 0 Å². The Hall–Kier alpha value is -2.09. The predicted octanol–water partition coefficient (Wildman–Crippen LogP) is 2.88. The fraction of sp³-hybridized carbons (Fsp3) is 0.133. The Balaban J connectivity index is 2.03. The molecule has 1 unspecified atom stereocenters. The molecule has 0 amide bonds. The van der Waals surface area contributed by atoms with Crippen LogP contribution in [-0.2, 0) is 0 Å². The van der Waals surface area contributed by atoms with E-state index in [9.17, 15) is 0 Å². The smallest absolute Gasteiger partial charge is 0.0755 e. The molecule has 0 aromatic heterocycles. The summed E-state index contributed by atoms with van der Waals surface area (Å²) in [6.45, 7) is 0.982. The summed E-state index contributed by atoms with van der Waals surface area (Å²) in [7, 11) is 0. The standard InChI is InChI=1S/C15H12N2/c1-3-11-4-2-10-17-14-7-9-16-8-6-12(14)13(5-1)15(11)17/h1-9,14H,10H2. The number of rotatable bonds is 0. The molecule has 0 radical (unpaired) electrons. The molecule has 1 aromatic rings. The van der Waals surface area contributed by atoms with Crippen molar-refractivity contribution in [3.05, 3.63) is 53.8 Å². The lowest BCUT2D eigenvalue weighted by Gasteiger charge is -2.27. The molecule has 0 aliphatic carbocycles. The molecular weight excluding hydrogens is 208 g/mol. The van der Waals surface area contributed by atoms with Gasteiger partial charge in [-0.15, -0.1) is 0 Å². The van der Waals surface area contributed by atoms with E-state index in [0.29, 0.717) is 6.04 Å². The van der Waals surface area contributed by atoms with Crippen molar-refractivity contribution in [1.82, 2.24) is 0 Å². The SMILES string of the molecule is C1=Cc2cccc3c2N(C1)C1C=CN=CC=C31. The van der Waals surface area contributed by atoms with Crippen LogP contribution in [0.2, 0.25) is 0 Å². The van der Waals surface area contributed by atoms with Crippen LogP contribution < -0.4 is 4.90 Å². The average Bonchev–Trinajstić information content (AvgIpc) is 2.55. The van der Waals surface area contributed by atoms with Gasteiger partial charge in [-0.25, -0.2) is 0 Å². The van der Waals surface area contributed by atoms with Gasteiger partial charge in [0.05, 0.1) is 11.7 Å². The number of nitrogens with zero attached hydrogens (tertiary/aromatic N) is 2. The van der Waals surface area contributed by atoms with Crippen molar-refractivity contribution >= 4 is 23.6 Å². The van der Waals surface area contributed by atoms with Crippen molar-refractivity contribution in [3.8, 4) is 0 Å². The maximum Gasteiger partial charge on any atom is 0.0755 e. The molecule has 0 saturated carbocycles. The summed E-state index contributed by atoms with van der Waals surface area (Å²) >= 11 is 0. The summed E-state index contributed by atoms with van der Waals surface area (Å²) in [5.41, 5.74) is 5.43. The summed E-state index contributed by atoms with van der Waals surface area (Å²) in [6, 6.07) is 6.88. The number of anilines is 1. The maximum absolute atomic E-state index is 4.21. The van der Waals surface area contributed by atoms with E-state index >= 15 is 0 Å². The summed E-state index contributed by atoms with van der Waals surface area (Å²) < 4.78 is 0. The molecule has 82 valence electrons. The minimum atomic E-state index is 0.346. The molecule has 2 heteroatoms. The molecule has 1 aromatic carbocycles.